The summed E-state index contributed by atoms with van der Waals surface area (Å²) in [6, 6.07) is 3.74. The Morgan fingerprint density at radius 3 is 3.24 bits per heavy atom. The standard InChI is InChI=1S/C13H16N2O2/c16-13(12-6-2-1-3-7-12)15-17-10-11-5-4-8-14-9-11/h2,4-6,8-9,12H,1,3,7,10H2,(H,15,16). The monoisotopic (exact) mass is 232 g/mol. The molecule has 1 aromatic rings. The topological polar surface area (TPSA) is 51.2 Å². The molecule has 0 radical (unpaired) electrons. The van der Waals surface area contributed by atoms with E-state index in [0.29, 0.717) is 6.61 Å². The first-order valence-electron chi connectivity index (χ1n) is 5.83. The summed E-state index contributed by atoms with van der Waals surface area (Å²) >= 11 is 0. The summed E-state index contributed by atoms with van der Waals surface area (Å²) < 4.78 is 0. The van der Waals surface area contributed by atoms with Crippen LogP contribution in [0.15, 0.2) is 36.7 Å². The zero-order valence-electron chi connectivity index (χ0n) is 9.63. The van der Waals surface area contributed by atoms with E-state index in [-0.39, 0.29) is 11.8 Å². The van der Waals surface area contributed by atoms with Crippen LogP contribution in [0.4, 0.5) is 0 Å². The van der Waals surface area contributed by atoms with Gasteiger partial charge in [-0.1, -0.05) is 18.2 Å². The lowest BCUT2D eigenvalue weighted by Crippen LogP contribution is -2.30. The molecule has 17 heavy (non-hydrogen) atoms. The number of carbonyl (C=O) groups is 1. The Hall–Kier alpha value is -1.68. The number of hydrogen-bond acceptors (Lipinski definition) is 3. The number of hydrogen-bond donors (Lipinski definition) is 1. The average molecular weight is 232 g/mol. The maximum Gasteiger partial charge on any atom is 0.250 e. The van der Waals surface area contributed by atoms with Crippen molar-refractivity contribution < 1.29 is 9.63 Å². The van der Waals surface area contributed by atoms with Crippen LogP contribution in [0.2, 0.25) is 0 Å². The minimum Gasteiger partial charge on any atom is -0.272 e. The van der Waals surface area contributed by atoms with Gasteiger partial charge in [0.25, 0.3) is 0 Å². The number of amides is 1. The lowest BCUT2D eigenvalue weighted by molar-refractivity contribution is -0.137. The molecule has 1 atom stereocenters. The SMILES string of the molecule is O=C(NOCc1cccnc1)C1C=CCCC1. The summed E-state index contributed by atoms with van der Waals surface area (Å²) in [6.45, 7) is 0.343. The fourth-order valence-electron chi connectivity index (χ4n) is 1.78. The smallest absolute Gasteiger partial charge is 0.250 e. The molecule has 1 aliphatic rings. The van der Waals surface area contributed by atoms with Crippen LogP contribution in [0.5, 0.6) is 0 Å². The number of rotatable bonds is 4. The van der Waals surface area contributed by atoms with Gasteiger partial charge in [-0.25, -0.2) is 5.48 Å². The van der Waals surface area contributed by atoms with Gasteiger partial charge in [0.05, 0.1) is 5.92 Å². The Labute approximate surface area is 101 Å². The third-order valence-corrected chi connectivity index (χ3v) is 2.73. The zero-order valence-corrected chi connectivity index (χ0v) is 9.63. The number of hydroxylamine groups is 1. The Morgan fingerprint density at radius 1 is 1.59 bits per heavy atom. The van der Waals surface area contributed by atoms with Gasteiger partial charge in [0.2, 0.25) is 5.91 Å². The van der Waals surface area contributed by atoms with Crippen LogP contribution in [0.25, 0.3) is 0 Å². The van der Waals surface area contributed by atoms with E-state index < -0.39 is 0 Å². The van der Waals surface area contributed by atoms with Gasteiger partial charge in [0.15, 0.2) is 0 Å². The second kappa shape index (κ2) is 6.15. The molecule has 1 heterocycles. The van der Waals surface area contributed by atoms with E-state index in [4.69, 9.17) is 4.84 Å². The minimum absolute atomic E-state index is 0.0438. The van der Waals surface area contributed by atoms with E-state index in [1.165, 1.54) is 0 Å². The summed E-state index contributed by atoms with van der Waals surface area (Å²) in [6.07, 6.45) is 10.5. The van der Waals surface area contributed by atoms with E-state index in [2.05, 4.69) is 16.5 Å². The third-order valence-electron chi connectivity index (χ3n) is 2.73. The number of nitrogens with zero attached hydrogens (tertiary/aromatic N) is 1. The fraction of sp³-hybridized carbons (Fsp3) is 0.385. The normalized spacial score (nSPS) is 18.9. The second-order valence-corrected chi connectivity index (χ2v) is 4.08. The molecule has 0 spiro atoms. The van der Waals surface area contributed by atoms with Gasteiger partial charge in [-0.15, -0.1) is 0 Å². The van der Waals surface area contributed by atoms with Gasteiger partial charge >= 0.3 is 0 Å². The van der Waals surface area contributed by atoms with Crippen molar-refractivity contribution in [3.8, 4) is 0 Å². The molecule has 1 unspecified atom stereocenters. The summed E-state index contributed by atoms with van der Waals surface area (Å²) in [5.41, 5.74) is 3.42. The summed E-state index contributed by atoms with van der Waals surface area (Å²) in [4.78, 5) is 20.8. The molecule has 0 aromatic carbocycles. The molecule has 4 heteroatoms. The predicted octanol–water partition coefficient (Wildman–Crippen LogP) is 1.99. The summed E-state index contributed by atoms with van der Waals surface area (Å²) in [5, 5.41) is 0. The molecule has 1 aliphatic carbocycles. The highest BCUT2D eigenvalue weighted by molar-refractivity contribution is 5.79. The van der Waals surface area contributed by atoms with Gasteiger partial charge in [-0.05, 0) is 30.9 Å². The Morgan fingerprint density at radius 2 is 2.53 bits per heavy atom. The molecule has 90 valence electrons. The molecule has 0 saturated heterocycles. The molecule has 0 aliphatic heterocycles. The second-order valence-electron chi connectivity index (χ2n) is 4.08. The van der Waals surface area contributed by atoms with Crippen LogP contribution < -0.4 is 5.48 Å². The molecule has 2 rings (SSSR count). The van der Waals surface area contributed by atoms with Crippen LogP contribution in [0, 0.1) is 5.92 Å². The van der Waals surface area contributed by atoms with Crippen LogP contribution in [-0.4, -0.2) is 10.9 Å². The summed E-state index contributed by atoms with van der Waals surface area (Å²) in [5.74, 6) is -0.109. The van der Waals surface area contributed by atoms with Crippen LogP contribution >= 0.6 is 0 Å². The first kappa shape index (κ1) is 11.8. The van der Waals surface area contributed by atoms with Crippen molar-refractivity contribution in [1.29, 1.82) is 0 Å². The first-order valence-corrected chi connectivity index (χ1v) is 5.83. The van der Waals surface area contributed by atoms with Crippen molar-refractivity contribution in [3.05, 3.63) is 42.2 Å². The fourth-order valence-corrected chi connectivity index (χ4v) is 1.78. The van der Waals surface area contributed by atoms with Gasteiger partial charge in [0.1, 0.15) is 6.61 Å². The number of pyridine rings is 1. The molecule has 0 bridgehead atoms. The number of allylic oxidation sites excluding steroid dienone is 1. The van der Waals surface area contributed by atoms with Crippen molar-refractivity contribution in [1.82, 2.24) is 10.5 Å². The van der Waals surface area contributed by atoms with Gasteiger partial charge < -0.3 is 0 Å². The van der Waals surface area contributed by atoms with Crippen molar-refractivity contribution in [2.75, 3.05) is 0 Å². The van der Waals surface area contributed by atoms with Crippen LogP contribution in [0.1, 0.15) is 24.8 Å². The average Bonchev–Trinajstić information content (AvgIpc) is 2.41. The molecule has 0 saturated carbocycles. The van der Waals surface area contributed by atoms with Crippen LogP contribution in [-0.2, 0) is 16.2 Å². The Balaban J connectivity index is 1.73. The van der Waals surface area contributed by atoms with Gasteiger partial charge in [-0.3, -0.25) is 14.6 Å². The molecule has 1 amide bonds. The van der Waals surface area contributed by atoms with Crippen molar-refractivity contribution in [2.24, 2.45) is 5.92 Å². The Kier molecular flexibility index (Phi) is 4.27. The van der Waals surface area contributed by atoms with E-state index in [1.54, 1.807) is 12.4 Å². The molecular weight excluding hydrogens is 216 g/mol. The van der Waals surface area contributed by atoms with E-state index in [9.17, 15) is 4.79 Å². The van der Waals surface area contributed by atoms with Gasteiger partial charge in [0, 0.05) is 12.4 Å². The molecule has 1 N–H and O–H groups in total. The van der Waals surface area contributed by atoms with E-state index in [1.807, 2.05) is 18.2 Å². The first-order chi connectivity index (χ1) is 8.36. The number of aromatic nitrogens is 1. The van der Waals surface area contributed by atoms with E-state index >= 15 is 0 Å². The lowest BCUT2D eigenvalue weighted by atomic mass is 9.96. The molecule has 4 nitrogen and oxygen atoms in total. The largest absolute Gasteiger partial charge is 0.272 e. The highest BCUT2D eigenvalue weighted by Crippen LogP contribution is 2.16. The van der Waals surface area contributed by atoms with Gasteiger partial charge in [-0.2, -0.15) is 0 Å². The zero-order chi connectivity index (χ0) is 11.9. The highest BCUT2D eigenvalue weighted by atomic mass is 16.6. The quantitative estimate of drug-likeness (QED) is 0.638. The van der Waals surface area contributed by atoms with Crippen molar-refractivity contribution >= 4 is 5.91 Å². The maximum atomic E-state index is 11.7. The molecular formula is C13H16N2O2. The number of nitrogens with one attached hydrogen (secondary N) is 1. The van der Waals surface area contributed by atoms with Crippen molar-refractivity contribution in [2.45, 2.75) is 25.9 Å². The summed E-state index contributed by atoms with van der Waals surface area (Å²) in [7, 11) is 0. The van der Waals surface area contributed by atoms with Crippen molar-refractivity contribution in [3.63, 3.8) is 0 Å². The predicted molar refractivity (Wildman–Crippen MR) is 63.6 cm³/mol. The third kappa shape index (κ3) is 3.67. The molecule has 0 fully saturated rings. The maximum absolute atomic E-state index is 11.7. The molecule has 1 aromatic heterocycles. The van der Waals surface area contributed by atoms with Crippen LogP contribution in [0.3, 0.4) is 0 Å². The highest BCUT2D eigenvalue weighted by Gasteiger charge is 2.16. The number of carbonyl (C=O) groups excluding carboxylic acids is 1. The lowest BCUT2D eigenvalue weighted by Gasteiger charge is -2.15. The van der Waals surface area contributed by atoms with E-state index in [0.717, 1.165) is 24.8 Å². The minimum atomic E-state index is -0.0650. The Bertz CT molecular complexity index is 390.